The average Bonchev–Trinajstić information content (AvgIpc) is 2.24. The first-order valence-electron chi connectivity index (χ1n) is 6.64. The summed E-state index contributed by atoms with van der Waals surface area (Å²) in [5, 5.41) is 1.78. The van der Waals surface area contributed by atoms with E-state index in [-0.39, 0.29) is 0 Å². The van der Waals surface area contributed by atoms with Gasteiger partial charge in [0.1, 0.15) is 0 Å². The molecule has 0 rings (SSSR count). The quantitative estimate of drug-likeness (QED) is 0.553. The van der Waals surface area contributed by atoms with Gasteiger partial charge in [0.05, 0.1) is 8.07 Å². The Balaban J connectivity index is 5.12. The maximum atomic E-state index is 2.51. The first-order chi connectivity index (χ1) is 6.94. The summed E-state index contributed by atoms with van der Waals surface area (Å²) >= 11 is 0. The van der Waals surface area contributed by atoms with E-state index >= 15 is 0 Å². The highest BCUT2D eigenvalue weighted by Gasteiger charge is 2.25. The van der Waals surface area contributed by atoms with Gasteiger partial charge >= 0.3 is 0 Å². The Labute approximate surface area is 98.6 Å². The predicted molar refractivity (Wildman–Crippen MR) is 77.7 cm³/mol. The molecule has 0 atom stereocenters. The lowest BCUT2D eigenvalue weighted by Crippen LogP contribution is -2.30. The summed E-state index contributed by atoms with van der Waals surface area (Å²) in [6.07, 6.45) is 3.88. The van der Waals surface area contributed by atoms with Crippen LogP contribution in [-0.2, 0) is 0 Å². The molecule has 0 spiro atoms. The number of hydrogen-bond donors (Lipinski definition) is 0. The van der Waals surface area contributed by atoms with Crippen molar-refractivity contribution in [3.63, 3.8) is 0 Å². The molecule has 0 heterocycles. The molecule has 0 aromatic carbocycles. The lowest BCUT2D eigenvalue weighted by Gasteiger charge is -2.27. The molecule has 0 amide bonds. The van der Waals surface area contributed by atoms with Gasteiger partial charge in [-0.2, -0.15) is 0 Å². The molecule has 0 aromatic rings. The van der Waals surface area contributed by atoms with Gasteiger partial charge in [-0.3, -0.25) is 0 Å². The van der Waals surface area contributed by atoms with Crippen molar-refractivity contribution >= 4 is 14.8 Å². The maximum Gasteiger partial charge on any atom is 0.169 e. The van der Waals surface area contributed by atoms with Gasteiger partial charge in [-0.25, -0.2) is 0 Å². The molecular weight excluding hydrogens is 195 g/mol. The summed E-state index contributed by atoms with van der Waals surface area (Å²) < 4.78 is 0. The van der Waals surface area contributed by atoms with Crippen molar-refractivity contribution in [3.8, 4) is 0 Å². The molecule has 0 saturated carbocycles. The molecule has 0 aromatic heterocycles. The summed E-state index contributed by atoms with van der Waals surface area (Å²) in [4.78, 5) is 0. The highest BCUT2D eigenvalue weighted by molar-refractivity contribution is 6.86. The standard InChI is InChI=1S/C13H29BSi/c1-8-13(14(9-2)10-3)12(5)15(6,7)11-4/h8-11H2,1-7H3/b13-12+. The van der Waals surface area contributed by atoms with E-state index < -0.39 is 8.07 Å². The zero-order chi connectivity index (χ0) is 12.1. The van der Waals surface area contributed by atoms with Crippen molar-refractivity contribution in [2.24, 2.45) is 0 Å². The molecule has 0 fully saturated rings. The van der Waals surface area contributed by atoms with Gasteiger partial charge in [0.15, 0.2) is 6.71 Å². The van der Waals surface area contributed by atoms with Crippen LogP contribution in [0.4, 0.5) is 0 Å². The molecule has 88 valence electrons. The first-order valence-corrected chi connectivity index (χ1v) is 9.85. The van der Waals surface area contributed by atoms with E-state index in [2.05, 4.69) is 47.7 Å². The zero-order valence-electron chi connectivity index (χ0n) is 11.9. The smallest absolute Gasteiger partial charge is 0.106 e. The Bertz CT molecular complexity index is 215. The highest BCUT2D eigenvalue weighted by Crippen LogP contribution is 2.27. The minimum absolute atomic E-state index is 0.841. The number of hydrogen-bond acceptors (Lipinski definition) is 0. The molecule has 2 heteroatoms. The Morgan fingerprint density at radius 2 is 1.47 bits per heavy atom. The lowest BCUT2D eigenvalue weighted by atomic mass is 9.40. The van der Waals surface area contributed by atoms with E-state index in [1.54, 1.807) is 10.7 Å². The largest absolute Gasteiger partial charge is 0.169 e. The van der Waals surface area contributed by atoms with Gasteiger partial charge in [0.2, 0.25) is 0 Å². The lowest BCUT2D eigenvalue weighted by molar-refractivity contribution is 1.13. The summed E-state index contributed by atoms with van der Waals surface area (Å²) in [7, 11) is -1.08. The molecular formula is C13H29BSi. The SMILES string of the molecule is CCB(CC)/C(CC)=C(\C)[Si](C)(C)CC. The molecule has 0 saturated heterocycles. The number of allylic oxidation sites excluding steroid dienone is 2. The van der Waals surface area contributed by atoms with Crippen LogP contribution in [0.2, 0.25) is 31.8 Å². The fraction of sp³-hybridized carbons (Fsp3) is 0.846. The van der Waals surface area contributed by atoms with Crippen molar-refractivity contribution in [2.75, 3.05) is 0 Å². The van der Waals surface area contributed by atoms with Crippen LogP contribution in [0.15, 0.2) is 10.7 Å². The van der Waals surface area contributed by atoms with Crippen molar-refractivity contribution < 1.29 is 0 Å². The molecule has 0 unspecified atom stereocenters. The minimum atomic E-state index is -1.08. The monoisotopic (exact) mass is 224 g/mol. The van der Waals surface area contributed by atoms with Crippen LogP contribution in [0, 0.1) is 0 Å². The highest BCUT2D eigenvalue weighted by atomic mass is 28.3. The fourth-order valence-electron chi connectivity index (χ4n) is 2.34. The maximum absolute atomic E-state index is 2.51. The average molecular weight is 224 g/mol. The summed E-state index contributed by atoms with van der Waals surface area (Å²) in [5.74, 6) is 0. The van der Waals surface area contributed by atoms with Crippen LogP contribution in [0.3, 0.4) is 0 Å². The van der Waals surface area contributed by atoms with Crippen LogP contribution in [0.25, 0.3) is 0 Å². The second kappa shape index (κ2) is 6.57. The topological polar surface area (TPSA) is 0 Å². The van der Waals surface area contributed by atoms with Crippen molar-refractivity contribution in [3.05, 3.63) is 10.7 Å². The molecule has 0 N–H and O–H groups in total. The summed E-state index contributed by atoms with van der Waals surface area (Å²) in [5.41, 5.74) is 1.78. The fourth-order valence-corrected chi connectivity index (χ4v) is 4.12. The van der Waals surface area contributed by atoms with Crippen LogP contribution in [0.1, 0.15) is 41.0 Å². The Kier molecular flexibility index (Phi) is 6.58. The zero-order valence-corrected chi connectivity index (χ0v) is 12.9. The molecule has 0 aliphatic carbocycles. The van der Waals surface area contributed by atoms with Crippen molar-refractivity contribution in [2.45, 2.75) is 72.8 Å². The normalized spacial score (nSPS) is 13.8. The predicted octanol–water partition coefficient (Wildman–Crippen LogP) is 5.05. The van der Waals surface area contributed by atoms with Crippen LogP contribution in [0.5, 0.6) is 0 Å². The van der Waals surface area contributed by atoms with E-state index in [4.69, 9.17) is 0 Å². The van der Waals surface area contributed by atoms with E-state index in [1.165, 1.54) is 25.1 Å². The van der Waals surface area contributed by atoms with Gasteiger partial charge in [0.25, 0.3) is 0 Å². The van der Waals surface area contributed by atoms with Crippen molar-refractivity contribution in [1.29, 1.82) is 0 Å². The summed E-state index contributed by atoms with van der Waals surface area (Å²) in [6, 6.07) is 1.38. The Morgan fingerprint density at radius 1 is 1.00 bits per heavy atom. The van der Waals surface area contributed by atoms with E-state index in [9.17, 15) is 0 Å². The third-order valence-electron chi connectivity index (χ3n) is 4.24. The Hall–Kier alpha value is 0.0218. The Morgan fingerprint density at radius 3 is 1.73 bits per heavy atom. The van der Waals surface area contributed by atoms with Gasteiger partial charge < -0.3 is 0 Å². The molecule has 0 aliphatic rings. The van der Waals surface area contributed by atoms with Crippen LogP contribution < -0.4 is 0 Å². The van der Waals surface area contributed by atoms with Crippen LogP contribution >= 0.6 is 0 Å². The van der Waals surface area contributed by atoms with E-state index in [1.807, 2.05) is 0 Å². The third-order valence-corrected chi connectivity index (χ3v) is 8.36. The molecule has 0 bridgehead atoms. The first kappa shape index (κ1) is 15.0. The van der Waals surface area contributed by atoms with Gasteiger partial charge in [-0.05, 0) is 13.3 Å². The second-order valence-corrected chi connectivity index (χ2v) is 10.5. The molecule has 0 nitrogen and oxygen atoms in total. The van der Waals surface area contributed by atoms with Gasteiger partial charge in [-0.1, -0.05) is 64.7 Å². The van der Waals surface area contributed by atoms with Gasteiger partial charge in [0, 0.05) is 0 Å². The van der Waals surface area contributed by atoms with Gasteiger partial charge in [-0.15, -0.1) is 5.47 Å². The summed E-state index contributed by atoms with van der Waals surface area (Å²) in [6.45, 7) is 17.6. The third kappa shape index (κ3) is 3.82. The van der Waals surface area contributed by atoms with E-state index in [0.717, 1.165) is 6.71 Å². The van der Waals surface area contributed by atoms with Crippen molar-refractivity contribution in [1.82, 2.24) is 0 Å². The minimum Gasteiger partial charge on any atom is -0.106 e. The van der Waals surface area contributed by atoms with E-state index in [0.29, 0.717) is 0 Å². The molecule has 0 aliphatic heterocycles. The second-order valence-electron chi connectivity index (χ2n) is 5.25. The van der Waals surface area contributed by atoms with Crippen LogP contribution in [-0.4, -0.2) is 14.8 Å². The number of rotatable bonds is 6. The molecule has 0 radical (unpaired) electrons. The molecule has 15 heavy (non-hydrogen) atoms.